The molecule has 8 nitrogen and oxygen atoms in total. The van der Waals surface area contributed by atoms with Gasteiger partial charge in [-0.05, 0) is 42.5 Å². The van der Waals surface area contributed by atoms with Gasteiger partial charge in [0, 0.05) is 11.5 Å². The minimum absolute atomic E-state index is 0.0731. The summed E-state index contributed by atoms with van der Waals surface area (Å²) in [5.74, 6) is -0.537. The standard InChI is InChI=1S/C20H28O8/c1-8-6-12-14(16(23)10(3)15(12)22)9(2)11(8)4-5-27-20-19(26)18(25)17(24)13(7-21)28-20/h6,10,13,15,17-22,24-26H,4-5,7H2,1-3H3/t10-,13?,15+,17+,18-,19?,20+/m0/s1. The molecule has 1 aromatic rings. The van der Waals surface area contributed by atoms with Crippen LogP contribution in [0.15, 0.2) is 6.07 Å². The molecular weight excluding hydrogens is 368 g/mol. The molecule has 28 heavy (non-hydrogen) atoms. The third kappa shape index (κ3) is 3.50. The lowest BCUT2D eigenvalue weighted by molar-refractivity contribution is -0.300. The van der Waals surface area contributed by atoms with Crippen LogP contribution >= 0.6 is 0 Å². The average Bonchev–Trinajstić information content (AvgIpc) is 2.88. The molecule has 1 fully saturated rings. The summed E-state index contributed by atoms with van der Waals surface area (Å²) in [6.45, 7) is 5.07. The number of Topliss-reactive ketones (excluding diaryl/α,β-unsaturated/α-hetero) is 1. The Morgan fingerprint density at radius 2 is 1.79 bits per heavy atom. The second-order valence-corrected chi connectivity index (χ2v) is 7.68. The van der Waals surface area contributed by atoms with E-state index in [4.69, 9.17) is 9.47 Å². The summed E-state index contributed by atoms with van der Waals surface area (Å²) < 4.78 is 10.9. The number of benzene rings is 1. The monoisotopic (exact) mass is 396 g/mol. The summed E-state index contributed by atoms with van der Waals surface area (Å²) in [5, 5.41) is 49.2. The third-order valence-electron chi connectivity index (χ3n) is 5.90. The van der Waals surface area contributed by atoms with E-state index in [9.17, 15) is 30.3 Å². The first kappa shape index (κ1) is 21.3. The highest BCUT2D eigenvalue weighted by atomic mass is 16.7. The molecule has 1 heterocycles. The zero-order valence-corrected chi connectivity index (χ0v) is 16.2. The summed E-state index contributed by atoms with van der Waals surface area (Å²) >= 11 is 0. The van der Waals surface area contributed by atoms with Gasteiger partial charge in [0.1, 0.15) is 24.4 Å². The van der Waals surface area contributed by atoms with Crippen molar-refractivity contribution in [3.63, 3.8) is 0 Å². The lowest BCUT2D eigenvalue weighted by Gasteiger charge is -2.39. The molecule has 0 spiro atoms. The van der Waals surface area contributed by atoms with Gasteiger partial charge in [-0.15, -0.1) is 0 Å². The van der Waals surface area contributed by atoms with Crippen LogP contribution in [0.5, 0.6) is 0 Å². The normalized spacial score (nSPS) is 35.3. The van der Waals surface area contributed by atoms with Crippen molar-refractivity contribution in [2.24, 2.45) is 5.92 Å². The number of rotatable bonds is 5. The van der Waals surface area contributed by atoms with E-state index < -0.39 is 49.3 Å². The summed E-state index contributed by atoms with van der Waals surface area (Å²) in [6, 6.07) is 1.83. The summed E-state index contributed by atoms with van der Waals surface area (Å²) in [6.07, 6.45) is -6.93. The molecule has 1 aromatic carbocycles. The van der Waals surface area contributed by atoms with Crippen LogP contribution in [0.2, 0.25) is 0 Å². The first-order valence-corrected chi connectivity index (χ1v) is 9.46. The zero-order chi connectivity index (χ0) is 20.7. The van der Waals surface area contributed by atoms with E-state index in [2.05, 4.69) is 0 Å². The van der Waals surface area contributed by atoms with Gasteiger partial charge in [0.15, 0.2) is 12.1 Å². The molecule has 0 aromatic heterocycles. The second-order valence-electron chi connectivity index (χ2n) is 7.68. The van der Waals surface area contributed by atoms with Gasteiger partial charge in [0.25, 0.3) is 0 Å². The lowest BCUT2D eigenvalue weighted by atomic mass is 9.92. The number of aliphatic hydroxyl groups excluding tert-OH is 5. The number of hydrogen-bond donors (Lipinski definition) is 5. The van der Waals surface area contributed by atoms with Gasteiger partial charge in [-0.2, -0.15) is 0 Å². The highest BCUT2D eigenvalue weighted by Gasteiger charge is 2.44. The van der Waals surface area contributed by atoms with Crippen LogP contribution < -0.4 is 0 Å². The van der Waals surface area contributed by atoms with E-state index in [1.54, 1.807) is 6.92 Å². The molecule has 5 N–H and O–H groups in total. The molecule has 1 aliphatic carbocycles. The SMILES string of the molecule is Cc1cc2c(c(C)c1CCO[C@@H]1OC(CO)[C@@H](O)[C@H](O)C1O)C(=O)[C@@H](C)[C@H]2O. The van der Waals surface area contributed by atoms with E-state index in [-0.39, 0.29) is 12.4 Å². The number of carbonyl (C=O) groups excluding carboxylic acids is 1. The first-order valence-electron chi connectivity index (χ1n) is 9.46. The molecule has 2 aliphatic rings. The van der Waals surface area contributed by atoms with Crippen molar-refractivity contribution in [2.45, 2.75) is 64.0 Å². The van der Waals surface area contributed by atoms with Gasteiger partial charge in [-0.3, -0.25) is 4.79 Å². The molecule has 156 valence electrons. The molecule has 1 aliphatic heterocycles. The van der Waals surface area contributed by atoms with Gasteiger partial charge in [-0.25, -0.2) is 0 Å². The molecule has 1 saturated heterocycles. The van der Waals surface area contributed by atoms with Crippen LogP contribution in [0.25, 0.3) is 0 Å². The highest BCUT2D eigenvalue weighted by Crippen LogP contribution is 2.39. The molecule has 7 atom stereocenters. The van der Waals surface area contributed by atoms with Crippen LogP contribution in [-0.2, 0) is 15.9 Å². The van der Waals surface area contributed by atoms with Gasteiger partial charge < -0.3 is 35.0 Å². The van der Waals surface area contributed by atoms with E-state index in [0.717, 1.165) is 16.7 Å². The number of ether oxygens (including phenoxy) is 2. The van der Waals surface area contributed by atoms with Crippen molar-refractivity contribution in [1.29, 1.82) is 0 Å². The maximum Gasteiger partial charge on any atom is 0.186 e. The Morgan fingerprint density at radius 1 is 1.11 bits per heavy atom. The predicted octanol–water partition coefficient (Wildman–Crippen LogP) is -0.472. The summed E-state index contributed by atoms with van der Waals surface area (Å²) in [7, 11) is 0. The average molecular weight is 396 g/mol. The Hall–Kier alpha value is -1.39. The summed E-state index contributed by atoms with van der Waals surface area (Å²) in [4.78, 5) is 12.5. The topological polar surface area (TPSA) is 137 Å². The Balaban J connectivity index is 1.72. The number of hydrogen-bond acceptors (Lipinski definition) is 8. The minimum Gasteiger partial charge on any atom is -0.394 e. The van der Waals surface area contributed by atoms with Crippen molar-refractivity contribution in [2.75, 3.05) is 13.2 Å². The molecular formula is C20H28O8. The van der Waals surface area contributed by atoms with E-state index in [0.29, 0.717) is 17.5 Å². The first-order chi connectivity index (χ1) is 13.2. The van der Waals surface area contributed by atoms with Crippen molar-refractivity contribution in [1.82, 2.24) is 0 Å². The number of ketones is 1. The van der Waals surface area contributed by atoms with E-state index in [1.807, 2.05) is 19.9 Å². The van der Waals surface area contributed by atoms with Crippen LogP contribution in [0, 0.1) is 19.8 Å². The van der Waals surface area contributed by atoms with Crippen molar-refractivity contribution < 1.29 is 39.8 Å². The third-order valence-corrected chi connectivity index (χ3v) is 5.90. The number of carbonyl (C=O) groups is 1. The van der Waals surface area contributed by atoms with Crippen molar-refractivity contribution >= 4 is 5.78 Å². The van der Waals surface area contributed by atoms with Crippen molar-refractivity contribution in [3.05, 3.63) is 33.9 Å². The predicted molar refractivity (Wildman–Crippen MR) is 97.8 cm³/mol. The van der Waals surface area contributed by atoms with Gasteiger partial charge >= 0.3 is 0 Å². The Morgan fingerprint density at radius 3 is 2.43 bits per heavy atom. The maximum atomic E-state index is 12.5. The van der Waals surface area contributed by atoms with E-state index >= 15 is 0 Å². The smallest absolute Gasteiger partial charge is 0.186 e. The largest absolute Gasteiger partial charge is 0.394 e. The fourth-order valence-corrected chi connectivity index (χ4v) is 4.12. The van der Waals surface area contributed by atoms with Gasteiger partial charge in [0.05, 0.1) is 19.3 Å². The molecule has 0 bridgehead atoms. The molecule has 8 heteroatoms. The number of aliphatic hydroxyl groups is 5. The molecule has 0 saturated carbocycles. The quantitative estimate of drug-likeness (QED) is 0.451. The fraction of sp³-hybridized carbons (Fsp3) is 0.650. The lowest BCUT2D eigenvalue weighted by Crippen LogP contribution is -2.59. The van der Waals surface area contributed by atoms with Gasteiger partial charge in [0.2, 0.25) is 0 Å². The molecule has 0 amide bonds. The molecule has 3 rings (SSSR count). The Labute approximate surface area is 163 Å². The number of aryl methyl sites for hydroxylation is 1. The van der Waals surface area contributed by atoms with Crippen LogP contribution in [0.3, 0.4) is 0 Å². The van der Waals surface area contributed by atoms with Crippen LogP contribution in [0.1, 0.15) is 45.6 Å². The van der Waals surface area contributed by atoms with Crippen molar-refractivity contribution in [3.8, 4) is 0 Å². The highest BCUT2D eigenvalue weighted by molar-refractivity contribution is 6.04. The second kappa shape index (κ2) is 8.16. The molecule has 0 radical (unpaired) electrons. The fourth-order valence-electron chi connectivity index (χ4n) is 4.12. The van der Waals surface area contributed by atoms with Crippen LogP contribution in [0.4, 0.5) is 0 Å². The summed E-state index contributed by atoms with van der Waals surface area (Å²) in [5.41, 5.74) is 3.87. The zero-order valence-electron chi connectivity index (χ0n) is 16.2. The Bertz CT molecular complexity index is 746. The van der Waals surface area contributed by atoms with E-state index in [1.165, 1.54) is 0 Å². The van der Waals surface area contributed by atoms with Gasteiger partial charge in [-0.1, -0.05) is 13.0 Å². The minimum atomic E-state index is -1.49. The maximum absolute atomic E-state index is 12.5. The number of fused-ring (bicyclic) bond motifs is 1. The van der Waals surface area contributed by atoms with Crippen LogP contribution in [-0.4, -0.2) is 75.2 Å². The molecule has 2 unspecified atom stereocenters. The Kier molecular flexibility index (Phi) is 6.21.